The summed E-state index contributed by atoms with van der Waals surface area (Å²) in [7, 11) is 7.24. The maximum absolute atomic E-state index is 5.42. The van der Waals surface area contributed by atoms with Gasteiger partial charge in [0.15, 0.2) is 0 Å². The minimum absolute atomic E-state index is 0. The summed E-state index contributed by atoms with van der Waals surface area (Å²) in [5.74, 6) is 0. The molecule has 112 valence electrons. The molecule has 0 bridgehead atoms. The van der Waals surface area contributed by atoms with Gasteiger partial charge in [-0.1, -0.05) is 13.3 Å². The van der Waals surface area contributed by atoms with Crippen molar-refractivity contribution in [2.24, 2.45) is 0 Å². The van der Waals surface area contributed by atoms with E-state index in [9.17, 15) is 0 Å². The third-order valence-electron chi connectivity index (χ3n) is 3.30. The van der Waals surface area contributed by atoms with E-state index in [1.165, 1.54) is 19.4 Å². The summed E-state index contributed by atoms with van der Waals surface area (Å²) in [4.78, 5) is 0. The second-order valence-corrected chi connectivity index (χ2v) is 8.23. The van der Waals surface area contributed by atoms with E-state index in [-0.39, 0.29) is 17.0 Å². The van der Waals surface area contributed by atoms with Crippen LogP contribution in [0.25, 0.3) is 0 Å². The Hall–Kier alpha value is 0.537. The monoisotopic (exact) mass is 343 g/mol. The van der Waals surface area contributed by atoms with E-state index in [1.807, 2.05) is 0 Å². The Morgan fingerprint density at radius 3 is 1.72 bits per heavy atom. The molecule has 18 heavy (non-hydrogen) atoms. The SMILES string of the molecule is CCCC[N+](C)(C)CCC[Si](OC)(OC)OC.[Br-]. The number of halogens is 1. The summed E-state index contributed by atoms with van der Waals surface area (Å²) in [6, 6.07) is 0.893. The van der Waals surface area contributed by atoms with Crippen LogP contribution in [0.2, 0.25) is 6.04 Å². The predicted octanol–water partition coefficient (Wildman–Crippen LogP) is -0.865. The molecule has 0 N–H and O–H groups in total. The van der Waals surface area contributed by atoms with Gasteiger partial charge in [-0.15, -0.1) is 0 Å². The van der Waals surface area contributed by atoms with Crippen molar-refractivity contribution in [1.29, 1.82) is 0 Å². The molecular formula is C12H30BrNO3Si. The average Bonchev–Trinajstić information content (AvgIpc) is 2.33. The highest BCUT2D eigenvalue weighted by atomic mass is 79.9. The highest BCUT2D eigenvalue weighted by Gasteiger charge is 2.37. The van der Waals surface area contributed by atoms with E-state index in [1.54, 1.807) is 21.3 Å². The van der Waals surface area contributed by atoms with Gasteiger partial charge in [-0.05, 0) is 6.42 Å². The average molecular weight is 344 g/mol. The van der Waals surface area contributed by atoms with Crippen molar-refractivity contribution in [3.8, 4) is 0 Å². The van der Waals surface area contributed by atoms with Gasteiger partial charge in [0, 0.05) is 33.8 Å². The largest absolute Gasteiger partial charge is 1.00 e. The maximum Gasteiger partial charge on any atom is 0.500 e. The van der Waals surface area contributed by atoms with Crippen LogP contribution in [0, 0.1) is 0 Å². The third kappa shape index (κ3) is 7.86. The van der Waals surface area contributed by atoms with E-state index >= 15 is 0 Å². The lowest BCUT2D eigenvalue weighted by Gasteiger charge is -2.31. The van der Waals surface area contributed by atoms with Crippen molar-refractivity contribution in [2.45, 2.75) is 32.2 Å². The molecule has 0 aromatic carbocycles. The van der Waals surface area contributed by atoms with E-state index < -0.39 is 8.80 Å². The predicted molar refractivity (Wildman–Crippen MR) is 73.0 cm³/mol. The first-order valence-corrected chi connectivity index (χ1v) is 8.36. The van der Waals surface area contributed by atoms with Crippen LogP contribution in [-0.2, 0) is 13.3 Å². The quantitative estimate of drug-likeness (QED) is 0.381. The number of hydrogen-bond donors (Lipinski definition) is 0. The first-order chi connectivity index (χ1) is 7.95. The standard InChI is InChI=1S/C12H30NO3Si.BrH/c1-7-8-10-13(2,3)11-9-12-17(14-4,15-5)16-6;/h7-12H2,1-6H3;1H/q+1;/p-1. The van der Waals surface area contributed by atoms with Crippen molar-refractivity contribution in [1.82, 2.24) is 0 Å². The number of quaternary nitrogens is 1. The van der Waals surface area contributed by atoms with Crippen LogP contribution in [0.15, 0.2) is 0 Å². The van der Waals surface area contributed by atoms with Crippen LogP contribution in [-0.4, -0.2) is 61.8 Å². The molecule has 4 nitrogen and oxygen atoms in total. The molecule has 0 amide bonds. The van der Waals surface area contributed by atoms with Crippen LogP contribution in [0.3, 0.4) is 0 Å². The van der Waals surface area contributed by atoms with Crippen molar-refractivity contribution in [3.05, 3.63) is 0 Å². The fraction of sp³-hybridized carbons (Fsp3) is 1.00. The molecule has 0 aromatic rings. The molecular weight excluding hydrogens is 314 g/mol. The van der Waals surface area contributed by atoms with Gasteiger partial charge in [-0.3, -0.25) is 0 Å². The Bertz CT molecular complexity index is 193. The Kier molecular flexibility index (Phi) is 12.0. The molecule has 0 aliphatic rings. The molecule has 0 aliphatic heterocycles. The van der Waals surface area contributed by atoms with E-state index in [4.69, 9.17) is 13.3 Å². The zero-order chi connectivity index (χ0) is 13.4. The molecule has 0 atom stereocenters. The van der Waals surface area contributed by atoms with Gasteiger partial charge in [0.05, 0.1) is 27.2 Å². The van der Waals surface area contributed by atoms with Gasteiger partial charge >= 0.3 is 8.80 Å². The molecule has 0 aliphatic carbocycles. The molecule has 0 unspecified atom stereocenters. The second-order valence-electron chi connectivity index (χ2n) is 5.14. The van der Waals surface area contributed by atoms with Crippen LogP contribution in [0.5, 0.6) is 0 Å². The maximum atomic E-state index is 5.42. The molecule has 0 heterocycles. The lowest BCUT2D eigenvalue weighted by molar-refractivity contribution is -0.890. The summed E-state index contributed by atoms with van der Waals surface area (Å²) < 4.78 is 17.3. The van der Waals surface area contributed by atoms with Gasteiger partial charge in [0.2, 0.25) is 0 Å². The first kappa shape index (κ1) is 20.8. The zero-order valence-electron chi connectivity index (χ0n) is 12.8. The normalized spacial score (nSPS) is 12.3. The number of hydrogen-bond acceptors (Lipinski definition) is 3. The molecule has 0 aromatic heterocycles. The first-order valence-electron chi connectivity index (χ1n) is 6.42. The van der Waals surface area contributed by atoms with E-state index in [0.29, 0.717) is 0 Å². The van der Waals surface area contributed by atoms with Crippen LogP contribution in [0.4, 0.5) is 0 Å². The molecule has 0 spiro atoms. The van der Waals surface area contributed by atoms with Crippen molar-refractivity contribution in [2.75, 3.05) is 48.5 Å². The molecule has 0 saturated carbocycles. The Morgan fingerprint density at radius 2 is 1.33 bits per heavy atom. The topological polar surface area (TPSA) is 27.7 Å². The fourth-order valence-corrected chi connectivity index (χ4v) is 3.68. The number of rotatable bonds is 10. The fourth-order valence-electron chi connectivity index (χ4n) is 1.98. The van der Waals surface area contributed by atoms with Gasteiger partial charge in [0.25, 0.3) is 0 Å². The lowest BCUT2D eigenvalue weighted by Crippen LogP contribution is -3.00. The molecule has 6 heteroatoms. The molecule has 0 fully saturated rings. The minimum atomic E-state index is -2.36. The minimum Gasteiger partial charge on any atom is -1.00 e. The number of nitrogens with zero attached hydrogens (tertiary/aromatic N) is 1. The van der Waals surface area contributed by atoms with Gasteiger partial charge < -0.3 is 34.7 Å². The van der Waals surface area contributed by atoms with Crippen molar-refractivity contribution >= 4 is 8.80 Å². The van der Waals surface area contributed by atoms with Crippen molar-refractivity contribution in [3.63, 3.8) is 0 Å². The molecule has 0 rings (SSSR count). The van der Waals surface area contributed by atoms with Crippen LogP contribution >= 0.6 is 0 Å². The van der Waals surface area contributed by atoms with Gasteiger partial charge in [0.1, 0.15) is 0 Å². The smallest absolute Gasteiger partial charge is 0.500 e. The summed E-state index contributed by atoms with van der Waals surface area (Å²) in [5, 5.41) is 0. The Morgan fingerprint density at radius 1 is 0.889 bits per heavy atom. The zero-order valence-corrected chi connectivity index (χ0v) is 15.4. The summed E-state index contributed by atoms with van der Waals surface area (Å²) in [6.07, 6.45) is 3.63. The second kappa shape index (κ2) is 10.3. The lowest BCUT2D eigenvalue weighted by atomic mass is 10.3. The molecule has 0 saturated heterocycles. The number of unbranched alkanes of at least 4 members (excludes halogenated alkanes) is 1. The summed E-state index contributed by atoms with van der Waals surface area (Å²) >= 11 is 0. The van der Waals surface area contributed by atoms with Crippen molar-refractivity contribution < 1.29 is 34.7 Å². The van der Waals surface area contributed by atoms with Crippen LogP contribution < -0.4 is 17.0 Å². The highest BCUT2D eigenvalue weighted by molar-refractivity contribution is 6.60. The molecule has 0 radical (unpaired) electrons. The Labute approximate surface area is 124 Å². The van der Waals surface area contributed by atoms with Gasteiger partial charge in [-0.25, -0.2) is 0 Å². The highest BCUT2D eigenvalue weighted by Crippen LogP contribution is 2.16. The van der Waals surface area contributed by atoms with Crippen LogP contribution in [0.1, 0.15) is 26.2 Å². The summed E-state index contributed by atoms with van der Waals surface area (Å²) in [5.41, 5.74) is 0. The summed E-state index contributed by atoms with van der Waals surface area (Å²) in [6.45, 7) is 4.61. The van der Waals surface area contributed by atoms with Gasteiger partial charge in [-0.2, -0.15) is 0 Å². The third-order valence-corrected chi connectivity index (χ3v) is 6.13. The van der Waals surface area contributed by atoms with E-state index in [2.05, 4.69) is 21.0 Å². The Balaban J connectivity index is 0. The van der Waals surface area contributed by atoms with E-state index in [0.717, 1.165) is 23.5 Å².